The molecule has 6 N–H and O–H groups in total. The Kier molecular flexibility index (Phi) is 43.6. The molecule has 164 valence electrons. The summed E-state index contributed by atoms with van der Waals surface area (Å²) in [7, 11) is 0. The molecule has 31 heavy (non-hydrogen) atoms. The number of carboxylic acids is 4. The molecule has 0 radical (unpaired) electrons. The Morgan fingerprint density at radius 3 is 1.03 bits per heavy atom. The fraction of sp³-hybridized carbons (Fsp3) is 0.500. The fourth-order valence-corrected chi connectivity index (χ4v) is 1.88. The molecule has 0 saturated carbocycles. The Hall–Kier alpha value is -0.110. The van der Waals surface area contributed by atoms with E-state index in [1.165, 1.54) is 0 Å². The van der Waals surface area contributed by atoms with Gasteiger partial charge in [-0.1, -0.05) is 8.64 Å². The van der Waals surface area contributed by atoms with Crippen LogP contribution in [0.4, 0.5) is 0 Å². The third-order valence-electron chi connectivity index (χ3n) is 2.43. The zero-order valence-corrected chi connectivity index (χ0v) is 28.2. The maximum Gasteiger partial charge on any atom is 2.00 e. The van der Waals surface area contributed by atoms with Crippen molar-refractivity contribution in [2.45, 2.75) is 37.8 Å². The first-order valence-corrected chi connectivity index (χ1v) is 8.26. The van der Waals surface area contributed by atoms with Crippen LogP contribution in [-0.4, -0.2) is 55.6 Å². The molecule has 0 heterocycles. The first-order valence-electron chi connectivity index (χ1n) is 6.63. The summed E-state index contributed by atoms with van der Waals surface area (Å²) in [5, 5.41) is 45.2. The van der Waals surface area contributed by atoms with E-state index in [1.54, 1.807) is 0 Å². The Balaban J connectivity index is -0.0000000640. The average Bonchev–Trinajstić information content (AvgIpc) is 2.46. The molecule has 12 nitrogen and oxygen atoms in total. The quantitative estimate of drug-likeness (QED) is 0.124. The van der Waals surface area contributed by atoms with Gasteiger partial charge in [0, 0.05) is 11.9 Å². The van der Waals surface area contributed by atoms with Crippen LogP contribution < -0.4 is 31.1 Å². The zero-order valence-electron chi connectivity index (χ0n) is 16.0. The molecule has 0 aromatic carbocycles. The number of carbonyl (C=O) groups is 4. The van der Waals surface area contributed by atoms with Crippen molar-refractivity contribution in [2.24, 2.45) is 0 Å². The van der Waals surface area contributed by atoms with E-state index in [9.17, 15) is 39.6 Å². The van der Waals surface area contributed by atoms with Crippen molar-refractivity contribution in [1.82, 2.24) is 10.6 Å². The average molecular weight is 673 g/mol. The van der Waals surface area contributed by atoms with Crippen molar-refractivity contribution in [3.63, 3.8) is 0 Å². The van der Waals surface area contributed by atoms with Gasteiger partial charge in [0.05, 0.1) is 24.0 Å². The molecule has 0 aliphatic rings. The largest absolute Gasteiger partial charge is 2.00 e. The molecular weight excluding hydrogens is 657 g/mol. The molecule has 0 amide bonds. The topological polar surface area (TPSA) is 248 Å². The van der Waals surface area contributed by atoms with Crippen LogP contribution in [0.15, 0.2) is 0 Å². The summed E-state index contributed by atoms with van der Waals surface area (Å²) in [5.74, 6) is -5.53. The van der Waals surface area contributed by atoms with Crippen LogP contribution in [0.1, 0.15) is 25.7 Å². The van der Waals surface area contributed by atoms with Crippen LogP contribution >= 0.6 is 24.4 Å². The van der Waals surface area contributed by atoms with Crippen LogP contribution in [0, 0.1) is 0 Å². The van der Waals surface area contributed by atoms with E-state index in [1.807, 2.05) is 0 Å². The van der Waals surface area contributed by atoms with E-state index in [4.69, 9.17) is 0 Å². The zero-order chi connectivity index (χ0) is 20.9. The fourth-order valence-electron chi connectivity index (χ4n) is 1.31. The van der Waals surface area contributed by atoms with Crippen LogP contribution in [0.5, 0.6) is 0 Å². The monoisotopic (exact) mass is 668 g/mol. The summed E-state index contributed by atoms with van der Waals surface area (Å²) in [6.07, 6.45) is -1.10. The minimum atomic E-state index is -1.44. The predicted octanol–water partition coefficient (Wildman–Crippen LogP) is -7.54. The summed E-state index contributed by atoms with van der Waals surface area (Å²) in [5.41, 5.74) is 0. The molecule has 19 heteroatoms. The third kappa shape index (κ3) is 34.7. The van der Waals surface area contributed by atoms with Gasteiger partial charge in [0.25, 0.3) is 0 Å². The molecule has 0 fully saturated rings. The minimum Gasteiger partial charge on any atom is -0.550 e. The summed E-state index contributed by atoms with van der Waals surface area (Å²) < 4.78 is -0.264. The summed E-state index contributed by atoms with van der Waals surface area (Å²) >= 11 is 17.7. The predicted molar refractivity (Wildman–Crippen MR) is 99.5 cm³/mol. The second-order valence-electron chi connectivity index (χ2n) is 4.43. The Morgan fingerprint density at radius 2 is 0.903 bits per heavy atom. The Bertz CT molecular complexity index is 527. The molecule has 0 spiro atoms. The second kappa shape index (κ2) is 27.9. The minimum absolute atomic E-state index is 0. The van der Waals surface area contributed by atoms with Gasteiger partial charge in [0.15, 0.2) is 0 Å². The van der Waals surface area contributed by atoms with Gasteiger partial charge in [-0.15, -0.1) is 0 Å². The van der Waals surface area contributed by atoms with Crippen molar-refractivity contribution < 1.29 is 109 Å². The summed E-state index contributed by atoms with van der Waals surface area (Å²) in [6.45, 7) is 0. The number of aliphatic carboxylic acids is 4. The van der Waals surface area contributed by atoms with Gasteiger partial charge in [0.2, 0.25) is 0 Å². The van der Waals surface area contributed by atoms with E-state index in [0.29, 0.717) is 0 Å². The first-order chi connectivity index (χ1) is 11.9. The number of carboxylic acid groups (broad SMARTS) is 4. The Morgan fingerprint density at radius 1 is 0.677 bits per heavy atom. The molecule has 0 saturated heterocycles. The van der Waals surface area contributed by atoms with Gasteiger partial charge in [-0.3, -0.25) is 0 Å². The molecule has 0 unspecified atom stereocenters. The van der Waals surface area contributed by atoms with Crippen LogP contribution in [-0.2, 0) is 103 Å². The summed E-state index contributed by atoms with van der Waals surface area (Å²) in [4.78, 5) is 40.7. The molecule has 0 aromatic rings. The molecule has 0 bridgehead atoms. The van der Waals surface area contributed by atoms with Gasteiger partial charge < -0.3 is 111 Å². The van der Waals surface area contributed by atoms with Crippen LogP contribution in [0.25, 0.3) is 0 Å². The van der Waals surface area contributed by atoms with E-state index < -0.39 is 36.0 Å². The standard InChI is InChI=1S/2C6H9NO4S2.2H2O.3Zn/c2*8-4(9)2-1-3(5(10)11)7-6(12)13;;;;;/h2*3H,1-2H2,(H,8,9)(H,10,11)(H2,7,12,13);2*1H2;;;/q;;;;3*+2/p-6/t2*3-;;;;;/m00...../s1. The number of rotatable bonds is 10. The van der Waals surface area contributed by atoms with Crippen molar-refractivity contribution in [1.29, 1.82) is 0 Å². The third-order valence-corrected chi connectivity index (χ3v) is 2.90. The molecule has 0 aliphatic carbocycles. The summed E-state index contributed by atoms with van der Waals surface area (Å²) in [6, 6.07) is -2.33. The normalized spacial score (nSPS) is 9.81. The van der Waals surface area contributed by atoms with Crippen LogP contribution in [0.3, 0.4) is 0 Å². The van der Waals surface area contributed by atoms with E-state index >= 15 is 0 Å². The Labute approximate surface area is 237 Å². The maximum atomic E-state index is 10.4. The van der Waals surface area contributed by atoms with Crippen molar-refractivity contribution in [2.75, 3.05) is 0 Å². The number of hydrogen-bond acceptors (Lipinski definition) is 12. The van der Waals surface area contributed by atoms with Gasteiger partial charge in [-0.2, -0.15) is 0 Å². The van der Waals surface area contributed by atoms with Gasteiger partial charge in [0.1, 0.15) is 0 Å². The second-order valence-corrected chi connectivity index (χ2v) is 6.58. The van der Waals surface area contributed by atoms with Gasteiger partial charge >= 0.3 is 58.4 Å². The SMILES string of the molecule is O.O.O=C([O-])CC[C@H](NC(=S)[S-])C(=O)[O-].O=C([O-])CC[C@H](NC(=S)[S-])C(=O)[O-].[Zn+2].[Zn+2].[Zn+2]. The van der Waals surface area contributed by atoms with E-state index in [2.05, 4.69) is 60.3 Å². The van der Waals surface area contributed by atoms with Crippen molar-refractivity contribution in [3.8, 4) is 0 Å². The van der Waals surface area contributed by atoms with E-state index in [0.717, 1.165) is 0 Å². The number of carbonyl (C=O) groups excluding carboxylic acids is 4. The van der Waals surface area contributed by atoms with Gasteiger partial charge in [-0.05, 0) is 25.7 Å². The number of hydrogen-bond donors (Lipinski definition) is 2. The number of thiocarbonyl (C=S) groups is 2. The first kappa shape index (κ1) is 48.4. The molecule has 0 aromatic heterocycles. The molecular formula is C12H16N2O10S4Zn3. The number of nitrogens with one attached hydrogen (secondary N) is 2. The van der Waals surface area contributed by atoms with Crippen molar-refractivity contribution in [3.05, 3.63) is 0 Å². The van der Waals surface area contributed by atoms with Crippen LogP contribution in [0.2, 0.25) is 0 Å². The van der Waals surface area contributed by atoms with Crippen molar-refractivity contribution >= 4 is 82.2 Å². The van der Waals surface area contributed by atoms with Gasteiger partial charge in [-0.25, -0.2) is 0 Å². The van der Waals surface area contributed by atoms with E-state index in [-0.39, 0.29) is 104 Å². The molecule has 0 rings (SSSR count). The molecule has 2 atom stereocenters. The maximum absolute atomic E-state index is 10.4. The smallest absolute Gasteiger partial charge is 0.550 e. The molecule has 0 aliphatic heterocycles.